The van der Waals surface area contributed by atoms with Gasteiger partial charge in [0.05, 0.1) is 25.0 Å². The Morgan fingerprint density at radius 1 is 1.30 bits per heavy atom. The molecule has 124 valence electrons. The molecular weight excluding hydrogens is 292 g/mol. The van der Waals surface area contributed by atoms with Crippen LogP contribution in [-0.4, -0.2) is 65.0 Å². The smallest absolute Gasteiger partial charge is 0.236 e. The van der Waals surface area contributed by atoms with E-state index in [2.05, 4.69) is 33.5 Å². The molecule has 1 aliphatic heterocycles. The maximum Gasteiger partial charge on any atom is 0.236 e. The van der Waals surface area contributed by atoms with E-state index in [4.69, 9.17) is 4.74 Å². The van der Waals surface area contributed by atoms with Gasteiger partial charge < -0.3 is 14.0 Å². The predicted molar refractivity (Wildman–Crippen MR) is 88.3 cm³/mol. The average Bonchev–Trinajstić information content (AvgIpc) is 2.83. The van der Waals surface area contributed by atoms with Crippen LogP contribution in [0.4, 0.5) is 0 Å². The van der Waals surface area contributed by atoms with Crippen LogP contribution < -0.4 is 0 Å². The SMILES string of the molecule is COCCN1CCCN(Cc2cnc3ccc(C)cn23)CC1=O. The summed E-state index contributed by atoms with van der Waals surface area (Å²) >= 11 is 0. The van der Waals surface area contributed by atoms with Crippen molar-refractivity contribution in [2.24, 2.45) is 0 Å². The number of rotatable bonds is 5. The van der Waals surface area contributed by atoms with Gasteiger partial charge in [0.25, 0.3) is 0 Å². The van der Waals surface area contributed by atoms with E-state index in [0.29, 0.717) is 19.7 Å². The lowest BCUT2D eigenvalue weighted by Gasteiger charge is -2.21. The van der Waals surface area contributed by atoms with Gasteiger partial charge in [-0.05, 0) is 25.0 Å². The van der Waals surface area contributed by atoms with Crippen molar-refractivity contribution in [3.8, 4) is 0 Å². The zero-order valence-electron chi connectivity index (χ0n) is 13.9. The van der Waals surface area contributed by atoms with E-state index in [1.165, 1.54) is 5.56 Å². The number of imidazole rings is 1. The summed E-state index contributed by atoms with van der Waals surface area (Å²) < 4.78 is 7.20. The third kappa shape index (κ3) is 3.71. The Morgan fingerprint density at radius 2 is 2.17 bits per heavy atom. The number of hydrogen-bond acceptors (Lipinski definition) is 4. The van der Waals surface area contributed by atoms with Gasteiger partial charge in [0.1, 0.15) is 5.65 Å². The number of aromatic nitrogens is 2. The van der Waals surface area contributed by atoms with Gasteiger partial charge in [-0.25, -0.2) is 4.98 Å². The quantitative estimate of drug-likeness (QED) is 0.835. The first kappa shape index (κ1) is 16.0. The molecule has 1 fully saturated rings. The number of pyridine rings is 1. The minimum atomic E-state index is 0.185. The summed E-state index contributed by atoms with van der Waals surface area (Å²) in [6, 6.07) is 4.09. The monoisotopic (exact) mass is 316 g/mol. The average molecular weight is 316 g/mol. The van der Waals surface area contributed by atoms with Gasteiger partial charge in [0.15, 0.2) is 0 Å². The number of ether oxygens (including phenoxy) is 1. The lowest BCUT2D eigenvalue weighted by Crippen LogP contribution is -2.38. The number of amides is 1. The number of fused-ring (bicyclic) bond motifs is 1. The van der Waals surface area contributed by atoms with Crippen LogP contribution in [0.15, 0.2) is 24.5 Å². The molecule has 3 heterocycles. The number of aryl methyl sites for hydroxylation is 1. The van der Waals surface area contributed by atoms with Gasteiger partial charge in [-0.1, -0.05) is 6.07 Å². The molecule has 6 nitrogen and oxygen atoms in total. The Kier molecular flexibility index (Phi) is 4.93. The van der Waals surface area contributed by atoms with Gasteiger partial charge in [0.2, 0.25) is 5.91 Å². The normalized spacial score (nSPS) is 17.0. The number of hydrogen-bond donors (Lipinski definition) is 0. The molecule has 3 rings (SSSR count). The van der Waals surface area contributed by atoms with Crippen LogP contribution in [0.2, 0.25) is 0 Å². The largest absolute Gasteiger partial charge is 0.383 e. The molecule has 0 unspecified atom stereocenters. The molecule has 1 saturated heterocycles. The van der Waals surface area contributed by atoms with Crippen LogP contribution in [-0.2, 0) is 16.1 Å². The molecular formula is C17H24N4O2. The van der Waals surface area contributed by atoms with Crippen LogP contribution >= 0.6 is 0 Å². The predicted octanol–water partition coefficient (Wildman–Crippen LogP) is 1.32. The van der Waals surface area contributed by atoms with E-state index in [9.17, 15) is 4.79 Å². The molecule has 0 bridgehead atoms. The van der Waals surface area contributed by atoms with E-state index >= 15 is 0 Å². The fourth-order valence-electron chi connectivity index (χ4n) is 3.04. The molecule has 0 N–H and O–H groups in total. The Morgan fingerprint density at radius 3 is 3.00 bits per heavy atom. The van der Waals surface area contributed by atoms with E-state index < -0.39 is 0 Å². The van der Waals surface area contributed by atoms with Crippen molar-refractivity contribution in [2.45, 2.75) is 19.9 Å². The molecule has 0 spiro atoms. The number of nitrogens with zero attached hydrogens (tertiary/aromatic N) is 4. The highest BCUT2D eigenvalue weighted by Crippen LogP contribution is 2.13. The minimum absolute atomic E-state index is 0.185. The maximum absolute atomic E-state index is 12.4. The topological polar surface area (TPSA) is 50.1 Å². The fraction of sp³-hybridized carbons (Fsp3) is 0.529. The first-order chi connectivity index (χ1) is 11.2. The van der Waals surface area contributed by atoms with Gasteiger partial charge >= 0.3 is 0 Å². The van der Waals surface area contributed by atoms with Crippen molar-refractivity contribution in [1.82, 2.24) is 19.2 Å². The lowest BCUT2D eigenvalue weighted by molar-refractivity contribution is -0.131. The highest BCUT2D eigenvalue weighted by molar-refractivity contribution is 5.78. The maximum atomic E-state index is 12.4. The fourth-order valence-corrected chi connectivity index (χ4v) is 3.04. The molecule has 2 aromatic rings. The van der Waals surface area contributed by atoms with Crippen molar-refractivity contribution >= 4 is 11.6 Å². The Balaban J connectivity index is 1.70. The highest BCUT2D eigenvalue weighted by atomic mass is 16.5. The lowest BCUT2D eigenvalue weighted by atomic mass is 10.3. The summed E-state index contributed by atoms with van der Waals surface area (Å²) in [4.78, 5) is 20.9. The molecule has 2 aromatic heterocycles. The standard InChI is InChI=1S/C17H24N4O2/c1-14-4-5-16-18-10-15(21(16)11-14)12-19-6-3-7-20(8-9-23-2)17(22)13-19/h4-5,10-11H,3,6-9,12-13H2,1-2H3. The molecule has 1 aliphatic rings. The zero-order valence-corrected chi connectivity index (χ0v) is 13.9. The minimum Gasteiger partial charge on any atom is -0.383 e. The van der Waals surface area contributed by atoms with Crippen LogP contribution in [0, 0.1) is 6.92 Å². The summed E-state index contributed by atoms with van der Waals surface area (Å²) in [5, 5.41) is 0. The van der Waals surface area contributed by atoms with Gasteiger partial charge in [-0.3, -0.25) is 9.69 Å². The van der Waals surface area contributed by atoms with Gasteiger partial charge in [-0.2, -0.15) is 0 Å². The van der Waals surface area contributed by atoms with E-state index in [1.807, 2.05) is 17.2 Å². The molecule has 0 atom stereocenters. The van der Waals surface area contributed by atoms with Crippen molar-refractivity contribution < 1.29 is 9.53 Å². The Bertz CT molecular complexity index is 682. The summed E-state index contributed by atoms with van der Waals surface area (Å²) in [6.45, 7) is 6.29. The first-order valence-electron chi connectivity index (χ1n) is 8.09. The van der Waals surface area contributed by atoms with Crippen molar-refractivity contribution in [1.29, 1.82) is 0 Å². The highest BCUT2D eigenvalue weighted by Gasteiger charge is 2.22. The second-order valence-corrected chi connectivity index (χ2v) is 6.12. The molecule has 0 saturated carbocycles. The van der Waals surface area contributed by atoms with E-state index in [1.54, 1.807) is 7.11 Å². The third-order valence-electron chi connectivity index (χ3n) is 4.30. The number of methoxy groups -OCH3 is 1. The zero-order chi connectivity index (χ0) is 16.2. The molecule has 23 heavy (non-hydrogen) atoms. The van der Waals surface area contributed by atoms with E-state index in [-0.39, 0.29) is 5.91 Å². The second kappa shape index (κ2) is 7.10. The molecule has 0 aromatic carbocycles. The molecule has 0 aliphatic carbocycles. The number of carbonyl (C=O) groups excluding carboxylic acids is 1. The van der Waals surface area contributed by atoms with Crippen LogP contribution in [0.5, 0.6) is 0 Å². The van der Waals surface area contributed by atoms with Crippen molar-refractivity contribution in [3.05, 3.63) is 35.8 Å². The summed E-state index contributed by atoms with van der Waals surface area (Å²) in [5.41, 5.74) is 3.28. The van der Waals surface area contributed by atoms with Crippen molar-refractivity contribution in [2.75, 3.05) is 39.9 Å². The second-order valence-electron chi connectivity index (χ2n) is 6.12. The molecule has 6 heteroatoms. The molecule has 0 radical (unpaired) electrons. The van der Waals surface area contributed by atoms with Gasteiger partial charge in [-0.15, -0.1) is 0 Å². The van der Waals surface area contributed by atoms with Crippen LogP contribution in [0.3, 0.4) is 0 Å². The third-order valence-corrected chi connectivity index (χ3v) is 4.30. The van der Waals surface area contributed by atoms with E-state index in [0.717, 1.165) is 37.4 Å². The summed E-state index contributed by atoms with van der Waals surface area (Å²) in [5.74, 6) is 0.185. The summed E-state index contributed by atoms with van der Waals surface area (Å²) in [6.07, 6.45) is 5.00. The first-order valence-corrected chi connectivity index (χ1v) is 8.09. The van der Waals surface area contributed by atoms with Crippen molar-refractivity contribution in [3.63, 3.8) is 0 Å². The van der Waals surface area contributed by atoms with Crippen LogP contribution in [0.25, 0.3) is 5.65 Å². The number of carbonyl (C=O) groups is 1. The van der Waals surface area contributed by atoms with Crippen LogP contribution in [0.1, 0.15) is 17.7 Å². The Hall–Kier alpha value is -1.92. The molecule has 1 amide bonds. The summed E-state index contributed by atoms with van der Waals surface area (Å²) in [7, 11) is 1.67. The Labute approximate surface area is 136 Å². The van der Waals surface area contributed by atoms with Gasteiger partial charge in [0, 0.05) is 39.5 Å².